The van der Waals surface area contributed by atoms with E-state index in [2.05, 4.69) is 16.6 Å². The Labute approximate surface area is 60.0 Å². The van der Waals surface area contributed by atoms with Crippen LogP contribution < -0.4 is 0 Å². The molecule has 0 aromatic carbocycles. The number of esters is 1. The molecule has 3 heteroatoms. The van der Waals surface area contributed by atoms with E-state index in [0.29, 0.717) is 12.8 Å². The molecule has 0 radical (unpaired) electrons. The van der Waals surface area contributed by atoms with E-state index in [1.165, 1.54) is 7.11 Å². The average molecular weight is 142 g/mol. The Balaban J connectivity index is 3.39. The van der Waals surface area contributed by atoms with Crippen molar-refractivity contribution in [3.63, 3.8) is 0 Å². The lowest BCUT2D eigenvalue weighted by molar-refractivity contribution is -0.133. The summed E-state index contributed by atoms with van der Waals surface area (Å²) in [4.78, 5) is 10.3. The highest BCUT2D eigenvalue weighted by Gasteiger charge is 1.87. The van der Waals surface area contributed by atoms with Crippen LogP contribution >= 0.6 is 0 Å². The molecule has 0 saturated heterocycles. The molecule has 0 spiro atoms. The second kappa shape index (κ2) is 6.12. The third-order valence-corrected chi connectivity index (χ3v) is 0.836. The molecule has 0 rings (SSSR count). The van der Waals surface area contributed by atoms with Gasteiger partial charge in [0.1, 0.15) is 0 Å². The summed E-state index contributed by atoms with van der Waals surface area (Å²) >= 11 is 0. The van der Waals surface area contributed by atoms with Gasteiger partial charge in [0.05, 0.1) is 7.11 Å². The predicted molar refractivity (Wildman–Crippen MR) is 36.1 cm³/mol. The van der Waals surface area contributed by atoms with Crippen LogP contribution in [0.1, 0.15) is 12.8 Å². The van der Waals surface area contributed by atoms with Crippen molar-refractivity contribution < 1.29 is 14.6 Å². The predicted octanol–water partition coefficient (Wildman–Crippen LogP) is -0.0647. The molecule has 0 atom stereocenters. The second-order valence-electron chi connectivity index (χ2n) is 1.62. The van der Waals surface area contributed by atoms with Crippen molar-refractivity contribution in [3.05, 3.63) is 0 Å². The SMILES string of the molecule is COC(=O)C#CCCCO. The first-order valence-electron chi connectivity index (χ1n) is 2.99. The maximum Gasteiger partial charge on any atom is 0.384 e. The van der Waals surface area contributed by atoms with Crippen LogP contribution in [0.5, 0.6) is 0 Å². The fourth-order valence-electron chi connectivity index (χ4n) is 0.353. The third-order valence-electron chi connectivity index (χ3n) is 0.836. The molecular weight excluding hydrogens is 132 g/mol. The molecule has 0 aliphatic rings. The minimum Gasteiger partial charge on any atom is -0.459 e. The third kappa shape index (κ3) is 5.13. The van der Waals surface area contributed by atoms with Crippen LogP contribution in [-0.4, -0.2) is 24.8 Å². The molecule has 0 aromatic rings. The van der Waals surface area contributed by atoms with Gasteiger partial charge in [0, 0.05) is 18.9 Å². The fraction of sp³-hybridized carbons (Fsp3) is 0.571. The number of aliphatic hydroxyl groups excluding tert-OH is 1. The van der Waals surface area contributed by atoms with Gasteiger partial charge in [-0.15, -0.1) is 0 Å². The van der Waals surface area contributed by atoms with Gasteiger partial charge in [-0.2, -0.15) is 0 Å². The molecule has 56 valence electrons. The lowest BCUT2D eigenvalue weighted by Crippen LogP contribution is -1.94. The normalized spacial score (nSPS) is 7.80. The van der Waals surface area contributed by atoms with E-state index in [4.69, 9.17) is 5.11 Å². The summed E-state index contributed by atoms with van der Waals surface area (Å²) in [6.07, 6.45) is 1.13. The number of methoxy groups -OCH3 is 1. The number of ether oxygens (including phenoxy) is 1. The first-order chi connectivity index (χ1) is 4.81. The van der Waals surface area contributed by atoms with Crippen molar-refractivity contribution in [2.45, 2.75) is 12.8 Å². The van der Waals surface area contributed by atoms with Gasteiger partial charge < -0.3 is 9.84 Å². The van der Waals surface area contributed by atoms with E-state index >= 15 is 0 Å². The Kier molecular flexibility index (Phi) is 5.50. The number of hydrogen-bond donors (Lipinski definition) is 1. The highest BCUT2D eigenvalue weighted by Crippen LogP contribution is 1.82. The minimum absolute atomic E-state index is 0.107. The standard InChI is InChI=1S/C7H10O3/c1-10-7(9)5-3-2-4-6-8/h8H,2,4,6H2,1H3. The Hall–Kier alpha value is -1.01. The zero-order chi connectivity index (χ0) is 7.82. The lowest BCUT2D eigenvalue weighted by Gasteiger charge is -1.85. The second-order valence-corrected chi connectivity index (χ2v) is 1.62. The van der Waals surface area contributed by atoms with Gasteiger partial charge >= 0.3 is 5.97 Å². The van der Waals surface area contributed by atoms with E-state index in [9.17, 15) is 4.79 Å². The fourth-order valence-corrected chi connectivity index (χ4v) is 0.353. The van der Waals surface area contributed by atoms with Gasteiger partial charge in [-0.05, 0) is 6.42 Å². The van der Waals surface area contributed by atoms with Gasteiger partial charge in [0.2, 0.25) is 0 Å². The van der Waals surface area contributed by atoms with Crippen LogP contribution in [0.25, 0.3) is 0 Å². The summed E-state index contributed by atoms with van der Waals surface area (Å²) in [6, 6.07) is 0. The van der Waals surface area contributed by atoms with E-state index in [0.717, 1.165) is 0 Å². The van der Waals surface area contributed by atoms with Crippen LogP contribution in [0.4, 0.5) is 0 Å². The molecule has 0 amide bonds. The summed E-state index contributed by atoms with van der Waals surface area (Å²) in [5.74, 6) is 4.27. The molecule has 1 N–H and O–H groups in total. The molecule has 0 heterocycles. The Bertz CT molecular complexity index is 152. The first-order valence-corrected chi connectivity index (χ1v) is 2.99. The van der Waals surface area contributed by atoms with E-state index in [-0.39, 0.29) is 6.61 Å². The van der Waals surface area contributed by atoms with Gasteiger partial charge in [0.15, 0.2) is 0 Å². The molecule has 0 aliphatic heterocycles. The molecule has 0 fully saturated rings. The van der Waals surface area contributed by atoms with E-state index in [1.807, 2.05) is 0 Å². The van der Waals surface area contributed by atoms with Gasteiger partial charge in [-0.3, -0.25) is 0 Å². The quantitative estimate of drug-likeness (QED) is 0.254. The summed E-state index contributed by atoms with van der Waals surface area (Å²) < 4.78 is 4.26. The zero-order valence-electron chi connectivity index (χ0n) is 5.89. The number of carbonyl (C=O) groups is 1. The molecule has 3 nitrogen and oxygen atoms in total. The topological polar surface area (TPSA) is 46.5 Å². The van der Waals surface area contributed by atoms with Crippen molar-refractivity contribution >= 4 is 5.97 Å². The smallest absolute Gasteiger partial charge is 0.384 e. The molecule has 0 bridgehead atoms. The maximum absolute atomic E-state index is 10.3. The summed E-state index contributed by atoms with van der Waals surface area (Å²) in [7, 11) is 1.28. The van der Waals surface area contributed by atoms with Crippen LogP contribution in [0, 0.1) is 11.8 Å². The minimum atomic E-state index is -0.530. The number of aliphatic hydroxyl groups is 1. The van der Waals surface area contributed by atoms with Crippen molar-refractivity contribution in [3.8, 4) is 11.8 Å². The van der Waals surface area contributed by atoms with Gasteiger partial charge in [0.25, 0.3) is 0 Å². The number of hydrogen-bond acceptors (Lipinski definition) is 3. The Morgan fingerprint density at radius 2 is 2.40 bits per heavy atom. The molecule has 0 saturated carbocycles. The molecule has 10 heavy (non-hydrogen) atoms. The monoisotopic (exact) mass is 142 g/mol. The molecular formula is C7H10O3. The number of carbonyl (C=O) groups excluding carboxylic acids is 1. The molecule has 0 aromatic heterocycles. The number of unbranched alkanes of at least 4 members (excludes halogenated alkanes) is 1. The van der Waals surface area contributed by atoms with Crippen LogP contribution in [0.15, 0.2) is 0 Å². The van der Waals surface area contributed by atoms with Gasteiger partial charge in [-0.25, -0.2) is 4.79 Å². The number of rotatable bonds is 2. The largest absolute Gasteiger partial charge is 0.459 e. The van der Waals surface area contributed by atoms with Crippen molar-refractivity contribution in [1.82, 2.24) is 0 Å². The highest BCUT2D eigenvalue weighted by molar-refractivity contribution is 5.88. The van der Waals surface area contributed by atoms with Crippen molar-refractivity contribution in [2.75, 3.05) is 13.7 Å². The summed E-state index contributed by atoms with van der Waals surface area (Å²) in [5.41, 5.74) is 0. The average Bonchev–Trinajstić information content (AvgIpc) is 1.98. The maximum atomic E-state index is 10.3. The summed E-state index contributed by atoms with van der Waals surface area (Å²) in [5, 5.41) is 8.30. The van der Waals surface area contributed by atoms with Crippen LogP contribution in [0.2, 0.25) is 0 Å². The van der Waals surface area contributed by atoms with Crippen LogP contribution in [0.3, 0.4) is 0 Å². The Morgan fingerprint density at radius 1 is 1.70 bits per heavy atom. The first kappa shape index (κ1) is 8.99. The van der Waals surface area contributed by atoms with Crippen molar-refractivity contribution in [2.24, 2.45) is 0 Å². The lowest BCUT2D eigenvalue weighted by atomic mass is 10.3. The van der Waals surface area contributed by atoms with E-state index in [1.54, 1.807) is 0 Å². The highest BCUT2D eigenvalue weighted by atomic mass is 16.5. The molecule has 0 unspecified atom stereocenters. The van der Waals surface area contributed by atoms with Crippen LogP contribution in [-0.2, 0) is 9.53 Å². The zero-order valence-corrected chi connectivity index (χ0v) is 5.89. The van der Waals surface area contributed by atoms with Crippen molar-refractivity contribution in [1.29, 1.82) is 0 Å². The van der Waals surface area contributed by atoms with E-state index < -0.39 is 5.97 Å². The van der Waals surface area contributed by atoms with Gasteiger partial charge in [-0.1, -0.05) is 5.92 Å². The summed E-state index contributed by atoms with van der Waals surface area (Å²) in [6.45, 7) is 0.107. The Morgan fingerprint density at radius 3 is 2.90 bits per heavy atom. The molecule has 0 aliphatic carbocycles.